The Bertz CT molecular complexity index is 457. The first-order valence-electron chi connectivity index (χ1n) is 6.42. The van der Waals surface area contributed by atoms with Crippen molar-refractivity contribution in [3.63, 3.8) is 0 Å². The minimum absolute atomic E-state index is 0.106. The molecule has 1 aromatic carbocycles. The second-order valence-corrected chi connectivity index (χ2v) is 4.43. The zero-order valence-electron chi connectivity index (χ0n) is 11.0. The van der Waals surface area contributed by atoms with E-state index in [1.165, 1.54) is 6.07 Å². The molecule has 0 saturated heterocycles. The lowest BCUT2D eigenvalue weighted by Gasteiger charge is -2.06. The highest BCUT2D eigenvalue weighted by atomic mass is 19.1. The van der Waals surface area contributed by atoms with Gasteiger partial charge in [0, 0.05) is 18.5 Å². The molecule has 0 spiro atoms. The van der Waals surface area contributed by atoms with Crippen molar-refractivity contribution in [1.82, 2.24) is 5.32 Å². The zero-order chi connectivity index (χ0) is 15.0. The maximum atomic E-state index is 13.3. The van der Waals surface area contributed by atoms with Gasteiger partial charge in [-0.15, -0.1) is 0 Å². The molecule has 0 aliphatic carbocycles. The molecule has 0 aliphatic heterocycles. The molecule has 0 radical (unpaired) electrons. The zero-order valence-corrected chi connectivity index (χ0v) is 11.0. The number of carbonyl (C=O) groups excluding carboxylic acids is 1. The highest BCUT2D eigenvalue weighted by molar-refractivity contribution is 5.78. The minimum Gasteiger partial charge on any atom is -0.481 e. The number of hydrogen-bond acceptors (Lipinski definition) is 2. The third-order valence-corrected chi connectivity index (χ3v) is 2.79. The van der Waals surface area contributed by atoms with E-state index in [0.717, 1.165) is 12.1 Å². The SMILES string of the molecule is O=C(O)CCCCCNC(=O)Cc1c(F)cccc1F. The van der Waals surface area contributed by atoms with Crippen molar-refractivity contribution in [3.8, 4) is 0 Å². The summed E-state index contributed by atoms with van der Waals surface area (Å²) in [5.41, 5.74) is -0.240. The molecule has 6 heteroatoms. The van der Waals surface area contributed by atoms with Crippen LogP contribution in [0.15, 0.2) is 18.2 Å². The van der Waals surface area contributed by atoms with Crippen LogP contribution >= 0.6 is 0 Å². The molecule has 0 atom stereocenters. The summed E-state index contributed by atoms with van der Waals surface area (Å²) >= 11 is 0. The maximum absolute atomic E-state index is 13.3. The minimum atomic E-state index is -0.843. The smallest absolute Gasteiger partial charge is 0.303 e. The molecule has 0 heterocycles. The van der Waals surface area contributed by atoms with E-state index in [4.69, 9.17) is 5.11 Å². The van der Waals surface area contributed by atoms with Crippen molar-refractivity contribution >= 4 is 11.9 Å². The summed E-state index contributed by atoms with van der Waals surface area (Å²) in [6, 6.07) is 3.46. The van der Waals surface area contributed by atoms with Crippen LogP contribution in [0.3, 0.4) is 0 Å². The second-order valence-electron chi connectivity index (χ2n) is 4.43. The van der Waals surface area contributed by atoms with Crippen LogP contribution in [0.5, 0.6) is 0 Å². The number of carboxylic acids is 1. The number of unbranched alkanes of at least 4 members (excludes halogenated alkanes) is 2. The van der Waals surface area contributed by atoms with Gasteiger partial charge in [-0.2, -0.15) is 0 Å². The van der Waals surface area contributed by atoms with E-state index >= 15 is 0 Å². The van der Waals surface area contributed by atoms with Gasteiger partial charge in [0.05, 0.1) is 6.42 Å². The van der Waals surface area contributed by atoms with Crippen LogP contribution in [-0.4, -0.2) is 23.5 Å². The standard InChI is InChI=1S/C14H17F2NO3/c15-11-5-4-6-12(16)10(11)9-13(18)17-8-3-1-2-7-14(19)20/h4-6H,1-3,7-9H2,(H,17,18)(H,19,20). The Labute approximate surface area is 115 Å². The predicted molar refractivity (Wildman–Crippen MR) is 69.2 cm³/mol. The predicted octanol–water partition coefficient (Wildman–Crippen LogP) is 2.27. The molecule has 0 saturated carbocycles. The highest BCUT2D eigenvalue weighted by Crippen LogP contribution is 2.12. The van der Waals surface area contributed by atoms with Gasteiger partial charge >= 0.3 is 5.97 Å². The van der Waals surface area contributed by atoms with Crippen LogP contribution in [0.4, 0.5) is 8.78 Å². The van der Waals surface area contributed by atoms with Crippen LogP contribution in [0.2, 0.25) is 0 Å². The molecular formula is C14H17F2NO3. The number of rotatable bonds is 8. The van der Waals surface area contributed by atoms with Gasteiger partial charge in [0.1, 0.15) is 11.6 Å². The van der Waals surface area contributed by atoms with E-state index in [0.29, 0.717) is 25.8 Å². The molecule has 1 amide bonds. The van der Waals surface area contributed by atoms with Gasteiger partial charge < -0.3 is 10.4 Å². The molecule has 110 valence electrons. The summed E-state index contributed by atoms with van der Waals surface area (Å²) < 4.78 is 26.6. The Morgan fingerprint density at radius 2 is 1.75 bits per heavy atom. The molecule has 20 heavy (non-hydrogen) atoms. The summed E-state index contributed by atoms with van der Waals surface area (Å²) in [5.74, 6) is -2.76. The van der Waals surface area contributed by atoms with Gasteiger partial charge in [0.25, 0.3) is 0 Å². The van der Waals surface area contributed by atoms with E-state index in [1.807, 2.05) is 0 Å². The normalized spacial score (nSPS) is 10.3. The fraction of sp³-hybridized carbons (Fsp3) is 0.429. The number of benzene rings is 1. The third-order valence-electron chi connectivity index (χ3n) is 2.79. The molecule has 0 fully saturated rings. The summed E-state index contributed by atoms with van der Waals surface area (Å²) in [6.07, 6.45) is 1.63. The van der Waals surface area contributed by atoms with Crippen molar-refractivity contribution in [3.05, 3.63) is 35.4 Å². The summed E-state index contributed by atoms with van der Waals surface area (Å²) in [5, 5.41) is 11.0. The number of carbonyl (C=O) groups is 2. The lowest BCUT2D eigenvalue weighted by molar-refractivity contribution is -0.137. The number of hydrogen-bond donors (Lipinski definition) is 2. The molecule has 0 unspecified atom stereocenters. The van der Waals surface area contributed by atoms with Gasteiger partial charge in [0.2, 0.25) is 5.91 Å². The van der Waals surface area contributed by atoms with E-state index < -0.39 is 23.5 Å². The number of carboxylic acid groups (broad SMARTS) is 1. The highest BCUT2D eigenvalue weighted by Gasteiger charge is 2.12. The quantitative estimate of drug-likeness (QED) is 0.720. The van der Waals surface area contributed by atoms with E-state index in [9.17, 15) is 18.4 Å². The molecule has 0 aliphatic rings. The van der Waals surface area contributed by atoms with Gasteiger partial charge in [-0.05, 0) is 25.0 Å². The van der Waals surface area contributed by atoms with Crippen molar-refractivity contribution in [2.45, 2.75) is 32.1 Å². The molecular weight excluding hydrogens is 268 g/mol. The number of aliphatic carboxylic acids is 1. The van der Waals surface area contributed by atoms with Crippen LogP contribution in [0, 0.1) is 11.6 Å². The molecule has 1 aromatic rings. The molecule has 0 aromatic heterocycles. The number of nitrogens with one attached hydrogen (secondary N) is 1. The number of amides is 1. The fourth-order valence-corrected chi connectivity index (χ4v) is 1.73. The molecule has 1 rings (SSSR count). The Hall–Kier alpha value is -1.98. The summed E-state index contributed by atoms with van der Waals surface area (Å²) in [7, 11) is 0. The van der Waals surface area contributed by atoms with E-state index in [1.54, 1.807) is 0 Å². The average Bonchev–Trinajstić information content (AvgIpc) is 2.38. The Morgan fingerprint density at radius 3 is 2.35 bits per heavy atom. The van der Waals surface area contributed by atoms with Crippen LogP contribution < -0.4 is 5.32 Å². The fourth-order valence-electron chi connectivity index (χ4n) is 1.73. The Balaban J connectivity index is 2.25. The average molecular weight is 285 g/mol. The van der Waals surface area contributed by atoms with Gasteiger partial charge in [-0.3, -0.25) is 9.59 Å². The first-order chi connectivity index (χ1) is 9.50. The Morgan fingerprint density at radius 1 is 1.10 bits per heavy atom. The summed E-state index contributed by atoms with van der Waals surface area (Å²) in [6.45, 7) is 0.370. The first kappa shape index (κ1) is 16.1. The topological polar surface area (TPSA) is 66.4 Å². The van der Waals surface area contributed by atoms with Gasteiger partial charge in [0.15, 0.2) is 0 Å². The second kappa shape index (κ2) is 8.24. The monoisotopic (exact) mass is 285 g/mol. The van der Waals surface area contributed by atoms with E-state index in [-0.39, 0.29) is 18.4 Å². The van der Waals surface area contributed by atoms with Crippen LogP contribution in [0.25, 0.3) is 0 Å². The molecule has 4 nitrogen and oxygen atoms in total. The maximum Gasteiger partial charge on any atom is 0.303 e. The molecule has 2 N–H and O–H groups in total. The largest absolute Gasteiger partial charge is 0.481 e. The van der Waals surface area contributed by atoms with Crippen molar-refractivity contribution in [2.24, 2.45) is 0 Å². The summed E-state index contributed by atoms with van der Waals surface area (Å²) in [4.78, 5) is 21.8. The lowest BCUT2D eigenvalue weighted by Crippen LogP contribution is -2.26. The van der Waals surface area contributed by atoms with Crippen molar-refractivity contribution in [1.29, 1.82) is 0 Å². The Kier molecular flexibility index (Phi) is 6.63. The van der Waals surface area contributed by atoms with Gasteiger partial charge in [-0.1, -0.05) is 12.5 Å². The third kappa shape index (κ3) is 5.77. The van der Waals surface area contributed by atoms with Crippen LogP contribution in [-0.2, 0) is 16.0 Å². The molecule has 0 bridgehead atoms. The van der Waals surface area contributed by atoms with Gasteiger partial charge in [-0.25, -0.2) is 8.78 Å². The number of halogens is 2. The van der Waals surface area contributed by atoms with Crippen molar-refractivity contribution in [2.75, 3.05) is 6.54 Å². The van der Waals surface area contributed by atoms with E-state index in [2.05, 4.69) is 5.32 Å². The lowest BCUT2D eigenvalue weighted by atomic mass is 10.1. The van der Waals surface area contributed by atoms with Crippen molar-refractivity contribution < 1.29 is 23.5 Å². The van der Waals surface area contributed by atoms with Crippen LogP contribution in [0.1, 0.15) is 31.2 Å². The first-order valence-corrected chi connectivity index (χ1v) is 6.42.